The molecule has 1 aliphatic heterocycles. The predicted molar refractivity (Wildman–Crippen MR) is 78.6 cm³/mol. The van der Waals surface area contributed by atoms with E-state index >= 15 is 0 Å². The quantitative estimate of drug-likeness (QED) is 0.668. The summed E-state index contributed by atoms with van der Waals surface area (Å²) in [5.41, 5.74) is 1.46. The number of hydrogen-bond acceptors (Lipinski definition) is 1. The standard InChI is InChI=1S/C17H27N/c1-2-3-5-9-17-12-8-13-18(15-17)14-16-10-6-4-7-11-16/h4,6-7,10-11,17H,2-3,5,8-9,12-15H2,1H3. The minimum atomic E-state index is 0.953. The van der Waals surface area contributed by atoms with Crippen LogP contribution in [-0.2, 0) is 6.54 Å². The maximum Gasteiger partial charge on any atom is 0.0233 e. The van der Waals surface area contributed by atoms with Gasteiger partial charge in [0.1, 0.15) is 0 Å². The van der Waals surface area contributed by atoms with E-state index in [9.17, 15) is 0 Å². The largest absolute Gasteiger partial charge is 0.299 e. The van der Waals surface area contributed by atoms with E-state index < -0.39 is 0 Å². The summed E-state index contributed by atoms with van der Waals surface area (Å²) in [5, 5.41) is 0. The Morgan fingerprint density at radius 3 is 2.78 bits per heavy atom. The summed E-state index contributed by atoms with van der Waals surface area (Å²) in [6.07, 6.45) is 8.48. The molecule has 1 aromatic carbocycles. The summed E-state index contributed by atoms with van der Waals surface area (Å²) >= 11 is 0. The van der Waals surface area contributed by atoms with Gasteiger partial charge in [0.25, 0.3) is 0 Å². The third-order valence-corrected chi connectivity index (χ3v) is 4.07. The summed E-state index contributed by atoms with van der Waals surface area (Å²) < 4.78 is 0. The zero-order chi connectivity index (χ0) is 12.6. The van der Waals surface area contributed by atoms with Gasteiger partial charge in [0, 0.05) is 13.1 Å². The Morgan fingerprint density at radius 1 is 1.17 bits per heavy atom. The Morgan fingerprint density at radius 2 is 2.00 bits per heavy atom. The topological polar surface area (TPSA) is 3.24 Å². The van der Waals surface area contributed by atoms with Crippen molar-refractivity contribution in [2.24, 2.45) is 5.92 Å². The van der Waals surface area contributed by atoms with Crippen molar-refractivity contribution in [3.05, 3.63) is 35.9 Å². The minimum Gasteiger partial charge on any atom is -0.299 e. The lowest BCUT2D eigenvalue weighted by Crippen LogP contribution is -2.34. The van der Waals surface area contributed by atoms with Gasteiger partial charge in [-0.1, -0.05) is 56.5 Å². The average Bonchev–Trinajstić information content (AvgIpc) is 2.41. The van der Waals surface area contributed by atoms with Crippen LogP contribution in [0.2, 0.25) is 0 Å². The molecule has 0 aromatic heterocycles. The van der Waals surface area contributed by atoms with Crippen LogP contribution in [0.15, 0.2) is 30.3 Å². The number of piperidine rings is 1. The Hall–Kier alpha value is -0.820. The van der Waals surface area contributed by atoms with Gasteiger partial charge in [-0.2, -0.15) is 0 Å². The molecule has 0 radical (unpaired) electrons. The van der Waals surface area contributed by atoms with Crippen molar-refractivity contribution in [2.75, 3.05) is 13.1 Å². The first-order valence-electron chi connectivity index (χ1n) is 7.64. The second-order valence-corrected chi connectivity index (χ2v) is 5.72. The second kappa shape index (κ2) is 7.58. The van der Waals surface area contributed by atoms with E-state index in [-0.39, 0.29) is 0 Å². The van der Waals surface area contributed by atoms with Crippen molar-refractivity contribution < 1.29 is 0 Å². The zero-order valence-electron chi connectivity index (χ0n) is 11.8. The fourth-order valence-corrected chi connectivity index (χ4v) is 3.06. The van der Waals surface area contributed by atoms with Crippen LogP contribution in [0.4, 0.5) is 0 Å². The molecule has 0 spiro atoms. The van der Waals surface area contributed by atoms with Crippen LogP contribution in [0, 0.1) is 5.92 Å². The van der Waals surface area contributed by atoms with Crippen molar-refractivity contribution in [3.8, 4) is 0 Å². The van der Waals surface area contributed by atoms with Crippen molar-refractivity contribution in [2.45, 2.75) is 52.0 Å². The molecule has 0 amide bonds. The number of rotatable bonds is 6. The van der Waals surface area contributed by atoms with Gasteiger partial charge in [0.05, 0.1) is 0 Å². The average molecular weight is 245 g/mol. The van der Waals surface area contributed by atoms with Gasteiger partial charge in [-0.05, 0) is 37.3 Å². The fourth-order valence-electron chi connectivity index (χ4n) is 3.06. The highest BCUT2D eigenvalue weighted by molar-refractivity contribution is 5.14. The molecule has 1 aromatic rings. The summed E-state index contributed by atoms with van der Waals surface area (Å²) in [7, 11) is 0. The monoisotopic (exact) mass is 245 g/mol. The summed E-state index contributed by atoms with van der Waals surface area (Å²) in [6.45, 7) is 6.05. The third kappa shape index (κ3) is 4.45. The van der Waals surface area contributed by atoms with Crippen molar-refractivity contribution >= 4 is 0 Å². The van der Waals surface area contributed by atoms with E-state index in [1.807, 2.05) is 0 Å². The number of hydrogen-bond donors (Lipinski definition) is 0. The van der Waals surface area contributed by atoms with E-state index in [0.717, 1.165) is 12.5 Å². The van der Waals surface area contributed by atoms with E-state index in [1.165, 1.54) is 57.2 Å². The molecular formula is C17H27N. The number of likely N-dealkylation sites (tertiary alicyclic amines) is 1. The lowest BCUT2D eigenvalue weighted by atomic mass is 9.92. The molecule has 0 aliphatic carbocycles. The lowest BCUT2D eigenvalue weighted by molar-refractivity contribution is 0.159. The molecule has 1 saturated heterocycles. The molecule has 1 fully saturated rings. The molecule has 2 rings (SSSR count). The van der Waals surface area contributed by atoms with Crippen molar-refractivity contribution in [1.29, 1.82) is 0 Å². The van der Waals surface area contributed by atoms with Crippen LogP contribution < -0.4 is 0 Å². The fraction of sp³-hybridized carbons (Fsp3) is 0.647. The van der Waals surface area contributed by atoms with Crippen LogP contribution in [0.3, 0.4) is 0 Å². The van der Waals surface area contributed by atoms with Gasteiger partial charge in [-0.25, -0.2) is 0 Å². The van der Waals surface area contributed by atoms with E-state index in [2.05, 4.69) is 42.2 Å². The molecule has 0 saturated carbocycles. The first-order valence-corrected chi connectivity index (χ1v) is 7.64. The Labute approximate surface area is 112 Å². The van der Waals surface area contributed by atoms with Crippen LogP contribution in [-0.4, -0.2) is 18.0 Å². The molecule has 100 valence electrons. The summed E-state index contributed by atoms with van der Waals surface area (Å²) in [4.78, 5) is 2.65. The van der Waals surface area contributed by atoms with E-state index in [4.69, 9.17) is 0 Å². The highest BCUT2D eigenvalue weighted by Gasteiger charge is 2.19. The lowest BCUT2D eigenvalue weighted by Gasteiger charge is -2.32. The van der Waals surface area contributed by atoms with Gasteiger partial charge in [0.15, 0.2) is 0 Å². The number of nitrogens with zero attached hydrogens (tertiary/aromatic N) is 1. The molecule has 1 aliphatic rings. The first kappa shape index (κ1) is 13.6. The Bertz CT molecular complexity index is 320. The molecule has 1 nitrogen and oxygen atoms in total. The smallest absolute Gasteiger partial charge is 0.0233 e. The summed E-state index contributed by atoms with van der Waals surface area (Å²) in [5.74, 6) is 0.953. The van der Waals surface area contributed by atoms with Crippen LogP contribution in [0.1, 0.15) is 51.0 Å². The molecule has 0 N–H and O–H groups in total. The van der Waals surface area contributed by atoms with E-state index in [1.54, 1.807) is 0 Å². The molecule has 1 heteroatoms. The second-order valence-electron chi connectivity index (χ2n) is 5.72. The molecule has 1 unspecified atom stereocenters. The third-order valence-electron chi connectivity index (χ3n) is 4.07. The van der Waals surface area contributed by atoms with E-state index in [0.29, 0.717) is 0 Å². The molecule has 18 heavy (non-hydrogen) atoms. The number of unbranched alkanes of at least 4 members (excludes halogenated alkanes) is 2. The molecule has 0 bridgehead atoms. The highest BCUT2D eigenvalue weighted by atomic mass is 15.1. The van der Waals surface area contributed by atoms with Crippen LogP contribution in [0.5, 0.6) is 0 Å². The van der Waals surface area contributed by atoms with Gasteiger partial charge < -0.3 is 0 Å². The van der Waals surface area contributed by atoms with Gasteiger partial charge >= 0.3 is 0 Å². The summed E-state index contributed by atoms with van der Waals surface area (Å²) in [6, 6.07) is 10.9. The van der Waals surface area contributed by atoms with Gasteiger partial charge in [0.2, 0.25) is 0 Å². The molecule has 1 atom stereocenters. The Balaban J connectivity index is 1.76. The Kier molecular flexibility index (Phi) is 5.73. The van der Waals surface area contributed by atoms with Crippen molar-refractivity contribution in [1.82, 2.24) is 4.90 Å². The zero-order valence-corrected chi connectivity index (χ0v) is 11.8. The van der Waals surface area contributed by atoms with Gasteiger partial charge in [-0.15, -0.1) is 0 Å². The first-order chi connectivity index (χ1) is 8.88. The molecular weight excluding hydrogens is 218 g/mol. The highest BCUT2D eigenvalue weighted by Crippen LogP contribution is 2.23. The van der Waals surface area contributed by atoms with Crippen LogP contribution >= 0.6 is 0 Å². The maximum absolute atomic E-state index is 2.65. The van der Waals surface area contributed by atoms with Crippen molar-refractivity contribution in [3.63, 3.8) is 0 Å². The minimum absolute atomic E-state index is 0.953. The predicted octanol–water partition coefficient (Wildman–Crippen LogP) is 4.48. The normalized spacial score (nSPS) is 21.1. The number of benzene rings is 1. The van der Waals surface area contributed by atoms with Gasteiger partial charge in [-0.3, -0.25) is 4.90 Å². The maximum atomic E-state index is 2.65. The molecule has 1 heterocycles. The SMILES string of the molecule is CCCCCC1CCCN(Cc2ccccc2)C1. The van der Waals surface area contributed by atoms with Crippen LogP contribution in [0.25, 0.3) is 0 Å².